The second kappa shape index (κ2) is 6.44. The number of nitrogens with two attached hydrogens (primary N) is 1. The number of hydrogen-bond donors (Lipinski definition) is 2. The van der Waals surface area contributed by atoms with Crippen LogP contribution in [-0.4, -0.2) is 5.11 Å². The Morgan fingerprint density at radius 3 is 2.20 bits per heavy atom. The summed E-state index contributed by atoms with van der Waals surface area (Å²) in [7, 11) is 0. The van der Waals surface area contributed by atoms with Gasteiger partial charge in [-0.2, -0.15) is 0 Å². The van der Waals surface area contributed by atoms with Crippen LogP contribution in [0.1, 0.15) is 31.4 Å². The van der Waals surface area contributed by atoms with Gasteiger partial charge in [0.15, 0.2) is 5.75 Å². The number of phenols is 1. The van der Waals surface area contributed by atoms with Crippen LogP contribution in [0.4, 0.5) is 0 Å². The Kier molecular flexibility index (Phi) is 6.37. The smallest absolute Gasteiger partial charge is 0.152 e. The van der Waals surface area contributed by atoms with E-state index in [9.17, 15) is 5.11 Å². The molecule has 0 aliphatic carbocycles. The average Bonchev–Trinajstić information content (AvgIpc) is 2.13. The van der Waals surface area contributed by atoms with Crippen molar-refractivity contribution >= 4 is 35.6 Å². The van der Waals surface area contributed by atoms with Gasteiger partial charge in [-0.05, 0) is 24.1 Å². The Morgan fingerprint density at radius 1 is 1.33 bits per heavy atom. The van der Waals surface area contributed by atoms with Crippen molar-refractivity contribution in [3.63, 3.8) is 0 Å². The zero-order valence-corrected chi connectivity index (χ0v) is 10.7. The van der Waals surface area contributed by atoms with Crippen LogP contribution in [0, 0.1) is 0 Å². The summed E-state index contributed by atoms with van der Waals surface area (Å²) < 4.78 is 0. The van der Waals surface area contributed by atoms with E-state index in [2.05, 4.69) is 6.92 Å². The number of benzene rings is 1. The van der Waals surface area contributed by atoms with Gasteiger partial charge in [-0.3, -0.25) is 0 Å². The summed E-state index contributed by atoms with van der Waals surface area (Å²) in [5, 5.41) is 9.84. The number of aromatic hydroxyl groups is 1. The average molecular weight is 271 g/mol. The lowest BCUT2D eigenvalue weighted by atomic mass is 10.0. The fraction of sp³-hybridized carbons (Fsp3) is 0.400. The molecule has 0 radical (unpaired) electrons. The highest BCUT2D eigenvalue weighted by atomic mass is 35.5. The normalized spacial score (nSPS) is 12.0. The van der Waals surface area contributed by atoms with Crippen molar-refractivity contribution in [2.24, 2.45) is 5.73 Å². The van der Waals surface area contributed by atoms with Crippen molar-refractivity contribution in [2.75, 3.05) is 0 Å². The van der Waals surface area contributed by atoms with Crippen molar-refractivity contribution in [3.05, 3.63) is 27.7 Å². The van der Waals surface area contributed by atoms with Gasteiger partial charge in [-0.15, -0.1) is 12.4 Å². The van der Waals surface area contributed by atoms with E-state index in [1.165, 1.54) is 0 Å². The molecule has 0 unspecified atom stereocenters. The monoisotopic (exact) mass is 269 g/mol. The van der Waals surface area contributed by atoms with Gasteiger partial charge in [0.2, 0.25) is 0 Å². The van der Waals surface area contributed by atoms with Gasteiger partial charge in [0.25, 0.3) is 0 Å². The summed E-state index contributed by atoms with van der Waals surface area (Å²) in [6.45, 7) is 2.06. The Hall–Kier alpha value is -0.150. The van der Waals surface area contributed by atoms with Crippen LogP contribution in [0.25, 0.3) is 0 Å². The Morgan fingerprint density at radius 2 is 1.80 bits per heavy atom. The summed E-state index contributed by atoms with van der Waals surface area (Å²) in [6.07, 6.45) is 1.87. The number of rotatable bonds is 3. The lowest BCUT2D eigenvalue weighted by Gasteiger charge is -2.12. The van der Waals surface area contributed by atoms with Crippen LogP contribution in [0.15, 0.2) is 12.1 Å². The third kappa shape index (κ3) is 3.72. The van der Waals surface area contributed by atoms with Crippen LogP contribution in [0.3, 0.4) is 0 Å². The van der Waals surface area contributed by atoms with Crippen molar-refractivity contribution in [1.29, 1.82) is 0 Å². The first-order valence-electron chi connectivity index (χ1n) is 4.49. The van der Waals surface area contributed by atoms with Crippen molar-refractivity contribution in [3.8, 4) is 5.75 Å². The topological polar surface area (TPSA) is 46.2 Å². The molecule has 0 spiro atoms. The van der Waals surface area contributed by atoms with Crippen molar-refractivity contribution in [2.45, 2.75) is 25.8 Å². The van der Waals surface area contributed by atoms with Crippen molar-refractivity contribution < 1.29 is 5.11 Å². The summed E-state index contributed by atoms with van der Waals surface area (Å²) in [4.78, 5) is 0. The highest BCUT2D eigenvalue weighted by Crippen LogP contribution is 2.34. The van der Waals surface area contributed by atoms with E-state index in [4.69, 9.17) is 28.9 Å². The molecule has 1 rings (SSSR count). The van der Waals surface area contributed by atoms with E-state index >= 15 is 0 Å². The number of halogens is 3. The van der Waals surface area contributed by atoms with E-state index in [0.717, 1.165) is 18.4 Å². The summed E-state index contributed by atoms with van der Waals surface area (Å²) in [6, 6.07) is 3.24. The quantitative estimate of drug-likeness (QED) is 0.874. The van der Waals surface area contributed by atoms with Crippen LogP contribution < -0.4 is 5.73 Å². The molecule has 1 aromatic carbocycles. The van der Waals surface area contributed by atoms with Gasteiger partial charge in [0, 0.05) is 6.04 Å². The van der Waals surface area contributed by atoms with Gasteiger partial charge in [-0.1, -0.05) is 36.5 Å². The summed E-state index contributed by atoms with van der Waals surface area (Å²) in [5.74, 6) is -0.0826. The Balaban J connectivity index is 0.00000196. The standard InChI is InChI=1S/C10H13Cl2NO.ClH/c1-2-3-9(13)6-4-7(11)10(14)8(12)5-6;/h4-5,9,14H,2-3,13H2,1H3;1H/t9-;/m1./s1. The second-order valence-corrected chi connectivity index (χ2v) is 4.04. The minimum Gasteiger partial charge on any atom is -0.505 e. The molecular weight excluding hydrogens is 256 g/mol. The molecular formula is C10H14Cl3NO. The lowest BCUT2D eigenvalue weighted by molar-refractivity contribution is 0.475. The zero-order chi connectivity index (χ0) is 10.7. The maximum absolute atomic E-state index is 9.34. The third-order valence-corrected chi connectivity index (χ3v) is 2.64. The summed E-state index contributed by atoms with van der Waals surface area (Å²) >= 11 is 11.5. The molecule has 3 N–H and O–H groups in total. The highest BCUT2D eigenvalue weighted by Gasteiger charge is 2.11. The predicted molar refractivity (Wildman–Crippen MR) is 67.2 cm³/mol. The molecule has 5 heteroatoms. The molecule has 0 saturated heterocycles. The number of hydrogen-bond acceptors (Lipinski definition) is 2. The molecule has 15 heavy (non-hydrogen) atoms. The van der Waals surface area contributed by atoms with Gasteiger partial charge in [0.05, 0.1) is 10.0 Å². The minimum atomic E-state index is -0.0826. The van der Waals surface area contributed by atoms with Gasteiger partial charge < -0.3 is 10.8 Å². The molecule has 1 aromatic rings. The maximum atomic E-state index is 9.34. The Bertz CT molecular complexity index is 307. The predicted octanol–water partition coefficient (Wildman–Crippen LogP) is 3.92. The molecule has 0 heterocycles. The fourth-order valence-corrected chi connectivity index (χ4v) is 1.78. The zero-order valence-electron chi connectivity index (χ0n) is 8.34. The largest absolute Gasteiger partial charge is 0.505 e. The maximum Gasteiger partial charge on any atom is 0.152 e. The molecule has 0 aromatic heterocycles. The van der Waals surface area contributed by atoms with Crippen LogP contribution in [0.2, 0.25) is 10.0 Å². The molecule has 0 bridgehead atoms. The van der Waals surface area contributed by atoms with E-state index < -0.39 is 0 Å². The van der Waals surface area contributed by atoms with Gasteiger partial charge in [0.1, 0.15) is 0 Å². The molecule has 0 aliphatic heterocycles. The van der Waals surface area contributed by atoms with E-state index in [1.54, 1.807) is 12.1 Å². The molecule has 0 fully saturated rings. The first kappa shape index (κ1) is 14.8. The van der Waals surface area contributed by atoms with E-state index in [1.807, 2.05) is 0 Å². The SMILES string of the molecule is CCC[C@@H](N)c1cc(Cl)c(O)c(Cl)c1.Cl. The van der Waals surface area contributed by atoms with Gasteiger partial charge in [-0.25, -0.2) is 0 Å². The second-order valence-electron chi connectivity index (χ2n) is 3.23. The minimum absolute atomic E-state index is 0. The molecule has 0 saturated carbocycles. The Labute approximate surface area is 106 Å². The molecule has 0 aliphatic rings. The molecule has 2 nitrogen and oxygen atoms in total. The summed E-state index contributed by atoms with van der Waals surface area (Å²) in [5.41, 5.74) is 6.76. The van der Waals surface area contributed by atoms with Crippen LogP contribution >= 0.6 is 35.6 Å². The first-order valence-corrected chi connectivity index (χ1v) is 5.25. The molecule has 86 valence electrons. The van der Waals surface area contributed by atoms with Crippen molar-refractivity contribution in [1.82, 2.24) is 0 Å². The van der Waals surface area contributed by atoms with Gasteiger partial charge >= 0.3 is 0 Å². The van der Waals surface area contributed by atoms with E-state index in [0.29, 0.717) is 0 Å². The van der Waals surface area contributed by atoms with E-state index in [-0.39, 0.29) is 34.2 Å². The van der Waals surface area contributed by atoms with Crippen LogP contribution in [0.5, 0.6) is 5.75 Å². The third-order valence-electron chi connectivity index (χ3n) is 2.07. The first-order chi connectivity index (χ1) is 6.56. The molecule has 0 amide bonds. The number of phenolic OH excluding ortho intramolecular Hbond substituents is 1. The molecule has 1 atom stereocenters. The highest BCUT2D eigenvalue weighted by molar-refractivity contribution is 6.37. The fourth-order valence-electron chi connectivity index (χ4n) is 1.28. The van der Waals surface area contributed by atoms with Crippen LogP contribution in [-0.2, 0) is 0 Å². The lowest BCUT2D eigenvalue weighted by Crippen LogP contribution is -2.09.